The van der Waals surface area contributed by atoms with Crippen LogP contribution in [0.5, 0.6) is 5.88 Å². The number of amides is 1. The van der Waals surface area contributed by atoms with Crippen molar-refractivity contribution in [2.45, 2.75) is 58.5 Å². The van der Waals surface area contributed by atoms with E-state index < -0.39 is 6.16 Å². The number of pyridine rings is 1. The fourth-order valence-electron chi connectivity index (χ4n) is 9.48. The summed E-state index contributed by atoms with van der Waals surface area (Å²) in [5.41, 5.74) is 5.89. The summed E-state index contributed by atoms with van der Waals surface area (Å²) in [7, 11) is 0. The summed E-state index contributed by atoms with van der Waals surface area (Å²) in [6, 6.07) is 17.4. The number of benzene rings is 2. The minimum absolute atomic E-state index is 0.0370. The highest BCUT2D eigenvalue weighted by Crippen LogP contribution is 2.57. The maximum atomic E-state index is 13.5. The summed E-state index contributed by atoms with van der Waals surface area (Å²) in [6.45, 7) is 4.07. The summed E-state index contributed by atoms with van der Waals surface area (Å²) in [5.74, 6) is 4.51. The van der Waals surface area contributed by atoms with Gasteiger partial charge in [-0.15, -0.1) is 0 Å². The molecule has 4 bridgehead atoms. The van der Waals surface area contributed by atoms with E-state index in [4.69, 9.17) is 14.8 Å². The quantitative estimate of drug-likeness (QED) is 0.168. The third-order valence-electron chi connectivity index (χ3n) is 11.6. The number of anilines is 2. The molecule has 0 spiro atoms. The second kappa shape index (κ2) is 12.0. The fraction of sp³-hybridized carbons (Fsp3) is 0.395. The van der Waals surface area contributed by atoms with Crippen LogP contribution >= 0.6 is 11.3 Å². The maximum absolute atomic E-state index is 13.5. The Bertz CT molecular complexity index is 2040. The van der Waals surface area contributed by atoms with Crippen molar-refractivity contribution in [3.8, 4) is 17.0 Å². The highest BCUT2D eigenvalue weighted by Gasteiger charge is 2.48. The van der Waals surface area contributed by atoms with Gasteiger partial charge in [0.05, 0.1) is 16.4 Å². The number of aromatic nitrogens is 4. The Hall–Kier alpha value is -4.77. The minimum Gasteiger partial charge on any atom is -0.449 e. The standard InChI is InChI=1S/C38H38N6O4S/c1-21-29(18-39-44(21)20-30-25-14-22-13-23(16-25)17-26(30)15-22)28-9-10-34(41-36(28)48-38(46)47)43-12-11-24-5-4-6-27(31(24)19-43)35(45)42-37-40-32-7-2-3-8-33(32)49-37/h2-10,18,22-23,25-26,30H,11-17,19-20H2,1H3,(H,46,47)(H,40,42,45). The van der Waals surface area contributed by atoms with Gasteiger partial charge in [-0.2, -0.15) is 10.1 Å². The lowest BCUT2D eigenvalue weighted by molar-refractivity contribution is -0.0444. The number of carbonyl (C=O) groups excluding carboxylic acids is 1. The van der Waals surface area contributed by atoms with Crippen molar-refractivity contribution in [2.75, 3.05) is 16.8 Å². The lowest BCUT2D eigenvalue weighted by atomic mass is 9.52. The van der Waals surface area contributed by atoms with Crippen molar-refractivity contribution >= 4 is 44.6 Å². The average Bonchev–Trinajstić information content (AvgIpc) is 3.67. The van der Waals surface area contributed by atoms with Crippen LogP contribution in [0.1, 0.15) is 59.3 Å². The predicted molar refractivity (Wildman–Crippen MR) is 188 cm³/mol. The van der Waals surface area contributed by atoms with Gasteiger partial charge in [-0.05, 0) is 116 Å². The van der Waals surface area contributed by atoms with E-state index in [1.54, 1.807) is 0 Å². The molecule has 2 aromatic carbocycles. The third-order valence-corrected chi connectivity index (χ3v) is 12.5. The van der Waals surface area contributed by atoms with Crippen molar-refractivity contribution < 1.29 is 19.4 Å². The third kappa shape index (κ3) is 5.53. The number of carboxylic acid groups (broad SMARTS) is 1. The molecule has 0 unspecified atom stereocenters. The van der Waals surface area contributed by atoms with Crippen LogP contribution in [0.2, 0.25) is 0 Å². The summed E-state index contributed by atoms with van der Waals surface area (Å²) in [4.78, 5) is 36.8. The van der Waals surface area contributed by atoms with Gasteiger partial charge in [0.2, 0.25) is 5.88 Å². The molecule has 0 atom stereocenters. The van der Waals surface area contributed by atoms with E-state index in [2.05, 4.69) is 32.9 Å². The van der Waals surface area contributed by atoms with E-state index in [9.17, 15) is 14.7 Å². The molecule has 11 heteroatoms. The van der Waals surface area contributed by atoms with E-state index >= 15 is 0 Å². The molecule has 5 aromatic rings. The van der Waals surface area contributed by atoms with Crippen LogP contribution in [0, 0.1) is 36.5 Å². The molecule has 250 valence electrons. The largest absolute Gasteiger partial charge is 0.512 e. The molecule has 5 aliphatic rings. The van der Waals surface area contributed by atoms with Crippen molar-refractivity contribution in [3.63, 3.8) is 0 Å². The first-order chi connectivity index (χ1) is 23.9. The second-order valence-corrected chi connectivity index (χ2v) is 15.4. The topological polar surface area (TPSA) is 122 Å². The average molecular weight is 675 g/mol. The Labute approximate surface area is 288 Å². The number of ether oxygens (including phenoxy) is 1. The molecule has 0 radical (unpaired) electrons. The first-order valence-corrected chi connectivity index (χ1v) is 18.1. The first-order valence-electron chi connectivity index (χ1n) is 17.3. The summed E-state index contributed by atoms with van der Waals surface area (Å²) in [6.07, 6.45) is 8.02. The van der Waals surface area contributed by atoms with Crippen LogP contribution in [-0.2, 0) is 19.5 Å². The van der Waals surface area contributed by atoms with E-state index in [1.807, 2.05) is 54.7 Å². The van der Waals surface area contributed by atoms with Crippen molar-refractivity contribution in [2.24, 2.45) is 29.6 Å². The lowest BCUT2D eigenvalue weighted by Gasteiger charge is -2.54. The number of rotatable bonds is 7. The van der Waals surface area contributed by atoms with Gasteiger partial charge in [0.1, 0.15) is 5.82 Å². The minimum atomic E-state index is -1.41. The van der Waals surface area contributed by atoms with Crippen LogP contribution in [0.4, 0.5) is 15.7 Å². The van der Waals surface area contributed by atoms with Crippen LogP contribution in [0.3, 0.4) is 0 Å². The smallest absolute Gasteiger partial charge is 0.449 e. The summed E-state index contributed by atoms with van der Waals surface area (Å²) in [5, 5.41) is 18.1. The molecular weight excluding hydrogens is 637 g/mol. The molecule has 10 rings (SSSR count). The Morgan fingerprint density at radius 3 is 2.53 bits per heavy atom. The molecule has 2 N–H and O–H groups in total. The van der Waals surface area contributed by atoms with Crippen molar-refractivity contribution in [3.05, 3.63) is 83.2 Å². The number of hydrogen-bond donors (Lipinski definition) is 2. The van der Waals surface area contributed by atoms with E-state index in [0.29, 0.717) is 47.5 Å². The summed E-state index contributed by atoms with van der Waals surface area (Å²) < 4.78 is 8.44. The Kier molecular flexibility index (Phi) is 7.41. The Balaban J connectivity index is 0.967. The number of nitrogens with one attached hydrogen (secondary N) is 1. The number of fused-ring (bicyclic) bond motifs is 2. The molecule has 1 amide bonds. The molecular formula is C38H38N6O4S. The predicted octanol–water partition coefficient (Wildman–Crippen LogP) is 7.81. The highest BCUT2D eigenvalue weighted by molar-refractivity contribution is 7.22. The lowest BCUT2D eigenvalue weighted by Crippen LogP contribution is -2.46. The molecule has 3 aromatic heterocycles. The number of hydrogen-bond acceptors (Lipinski definition) is 8. The first kappa shape index (κ1) is 30.3. The number of nitrogens with zero attached hydrogens (tertiary/aromatic N) is 5. The number of para-hydroxylation sites is 1. The maximum Gasteiger partial charge on any atom is 0.512 e. The molecule has 0 saturated heterocycles. The molecule has 4 aliphatic carbocycles. The SMILES string of the molecule is Cc1c(-c2ccc(N3CCc4cccc(C(=O)Nc5nc6ccccc6s5)c4C3)nc2OC(=O)O)cnn1CC1C2CC3CC(C2)CC1C3. The van der Waals surface area contributed by atoms with E-state index in [1.165, 1.54) is 43.4 Å². The van der Waals surface area contributed by atoms with Crippen LogP contribution < -0.4 is 15.0 Å². The van der Waals surface area contributed by atoms with Gasteiger partial charge in [-0.1, -0.05) is 35.6 Å². The van der Waals surface area contributed by atoms with Gasteiger partial charge in [0.15, 0.2) is 5.13 Å². The van der Waals surface area contributed by atoms with Crippen LogP contribution in [0.15, 0.2) is 60.8 Å². The number of carbonyl (C=O) groups is 2. The number of thiazole rings is 1. The molecule has 1 aliphatic heterocycles. The van der Waals surface area contributed by atoms with Crippen LogP contribution in [-0.4, -0.2) is 43.5 Å². The highest BCUT2D eigenvalue weighted by atomic mass is 32.1. The second-order valence-electron chi connectivity index (χ2n) is 14.4. The fourth-order valence-corrected chi connectivity index (χ4v) is 10.3. The van der Waals surface area contributed by atoms with Gasteiger partial charge in [0.25, 0.3) is 5.91 Å². The van der Waals surface area contributed by atoms with Gasteiger partial charge >= 0.3 is 6.16 Å². The van der Waals surface area contributed by atoms with Crippen molar-refractivity contribution in [1.82, 2.24) is 19.7 Å². The molecule has 4 saturated carbocycles. The van der Waals surface area contributed by atoms with Gasteiger partial charge < -0.3 is 14.7 Å². The van der Waals surface area contributed by atoms with Gasteiger partial charge in [-0.3, -0.25) is 14.8 Å². The Morgan fingerprint density at radius 1 is 0.959 bits per heavy atom. The van der Waals surface area contributed by atoms with Crippen molar-refractivity contribution in [1.29, 1.82) is 0 Å². The van der Waals surface area contributed by atoms with E-state index in [-0.39, 0.29) is 11.8 Å². The Morgan fingerprint density at radius 2 is 1.76 bits per heavy atom. The van der Waals surface area contributed by atoms with Crippen LogP contribution in [0.25, 0.3) is 21.3 Å². The van der Waals surface area contributed by atoms with E-state index in [0.717, 1.165) is 62.8 Å². The molecule has 4 fully saturated rings. The molecule has 4 heterocycles. The zero-order valence-electron chi connectivity index (χ0n) is 27.3. The summed E-state index contributed by atoms with van der Waals surface area (Å²) >= 11 is 1.45. The molecule has 10 nitrogen and oxygen atoms in total. The monoisotopic (exact) mass is 674 g/mol. The zero-order valence-corrected chi connectivity index (χ0v) is 28.2. The van der Waals surface area contributed by atoms with Gasteiger partial charge in [-0.25, -0.2) is 9.78 Å². The normalized spacial score (nSPS) is 23.9. The molecule has 49 heavy (non-hydrogen) atoms. The zero-order chi connectivity index (χ0) is 33.2. The van der Waals surface area contributed by atoms with Gasteiger partial charge in [0, 0.05) is 42.0 Å².